The highest BCUT2D eigenvalue weighted by Gasteiger charge is 2.51. The number of nitrogens with one attached hydrogen (secondary N) is 2. The number of carbonyl (C=O) groups is 2. The van der Waals surface area contributed by atoms with E-state index in [1.54, 1.807) is 31.4 Å². The molecule has 146 valence electrons. The molecule has 0 radical (unpaired) electrons. The Bertz CT molecular complexity index is 663. The molecule has 5 heteroatoms. The normalized spacial score (nSPS) is 30.8. The molecule has 0 spiro atoms. The van der Waals surface area contributed by atoms with Gasteiger partial charge in [0.25, 0.3) is 5.91 Å². The fraction of sp³-hybridized carbons (Fsp3) is 0.636. The topological polar surface area (TPSA) is 67.4 Å². The molecular formula is C22H30N2O3. The highest BCUT2D eigenvalue weighted by atomic mass is 16.5. The largest absolute Gasteiger partial charge is 0.497 e. The Morgan fingerprint density at radius 1 is 0.963 bits per heavy atom. The molecule has 0 saturated heterocycles. The third kappa shape index (κ3) is 4.12. The Balaban J connectivity index is 1.19. The van der Waals surface area contributed by atoms with E-state index in [1.807, 2.05) is 0 Å². The first-order valence-corrected chi connectivity index (χ1v) is 10.2. The van der Waals surface area contributed by atoms with E-state index in [2.05, 4.69) is 10.6 Å². The molecule has 1 aromatic rings. The van der Waals surface area contributed by atoms with Gasteiger partial charge in [0.15, 0.2) is 0 Å². The van der Waals surface area contributed by atoms with Crippen molar-refractivity contribution in [3.63, 3.8) is 0 Å². The van der Waals surface area contributed by atoms with E-state index < -0.39 is 0 Å². The first-order chi connectivity index (χ1) is 13.0. The van der Waals surface area contributed by atoms with Gasteiger partial charge in [-0.3, -0.25) is 9.59 Å². The van der Waals surface area contributed by atoms with Crippen molar-refractivity contribution in [2.75, 3.05) is 20.2 Å². The molecule has 4 bridgehead atoms. The lowest BCUT2D eigenvalue weighted by Gasteiger charge is -2.56. The molecule has 2 amide bonds. The Hall–Kier alpha value is -2.04. The third-order valence-corrected chi connectivity index (χ3v) is 6.79. The maximum absolute atomic E-state index is 12.5. The van der Waals surface area contributed by atoms with Crippen molar-refractivity contribution in [3.05, 3.63) is 29.8 Å². The smallest absolute Gasteiger partial charge is 0.251 e. The van der Waals surface area contributed by atoms with Gasteiger partial charge in [0, 0.05) is 25.1 Å². The van der Waals surface area contributed by atoms with Crippen LogP contribution in [0.15, 0.2) is 24.3 Å². The lowest BCUT2D eigenvalue weighted by atomic mass is 9.49. The number of hydrogen-bond donors (Lipinski definition) is 2. The molecule has 0 aromatic heterocycles. The first kappa shape index (κ1) is 18.3. The van der Waals surface area contributed by atoms with Crippen LogP contribution in [-0.2, 0) is 4.79 Å². The molecule has 4 aliphatic carbocycles. The highest BCUT2D eigenvalue weighted by molar-refractivity contribution is 5.94. The summed E-state index contributed by atoms with van der Waals surface area (Å²) in [6.07, 6.45) is 8.62. The number of hydrogen-bond acceptors (Lipinski definition) is 3. The lowest BCUT2D eigenvalue weighted by molar-refractivity contribution is -0.129. The Labute approximate surface area is 161 Å². The minimum absolute atomic E-state index is 0.131. The first-order valence-electron chi connectivity index (χ1n) is 10.2. The van der Waals surface area contributed by atoms with Gasteiger partial charge >= 0.3 is 0 Å². The van der Waals surface area contributed by atoms with Gasteiger partial charge in [0.1, 0.15) is 5.75 Å². The van der Waals surface area contributed by atoms with Crippen LogP contribution in [0.25, 0.3) is 0 Å². The van der Waals surface area contributed by atoms with Crippen molar-refractivity contribution in [3.8, 4) is 5.75 Å². The number of benzene rings is 1. The molecule has 4 fully saturated rings. The molecule has 4 saturated carbocycles. The van der Waals surface area contributed by atoms with E-state index in [0.717, 1.165) is 23.5 Å². The lowest BCUT2D eigenvalue weighted by Crippen LogP contribution is -2.48. The second-order valence-electron chi connectivity index (χ2n) is 8.93. The van der Waals surface area contributed by atoms with Gasteiger partial charge in [-0.15, -0.1) is 0 Å². The van der Waals surface area contributed by atoms with Crippen LogP contribution in [0.1, 0.15) is 55.3 Å². The van der Waals surface area contributed by atoms with Crippen LogP contribution in [0, 0.1) is 23.2 Å². The summed E-state index contributed by atoms with van der Waals surface area (Å²) in [5, 5.41) is 5.87. The zero-order chi connectivity index (χ0) is 18.9. The van der Waals surface area contributed by atoms with Gasteiger partial charge in [-0.2, -0.15) is 0 Å². The van der Waals surface area contributed by atoms with Crippen molar-refractivity contribution in [1.82, 2.24) is 10.6 Å². The fourth-order valence-corrected chi connectivity index (χ4v) is 6.13. The second-order valence-corrected chi connectivity index (χ2v) is 8.93. The highest BCUT2D eigenvalue weighted by Crippen LogP contribution is 2.61. The predicted molar refractivity (Wildman–Crippen MR) is 104 cm³/mol. The Morgan fingerprint density at radius 2 is 1.52 bits per heavy atom. The van der Waals surface area contributed by atoms with E-state index >= 15 is 0 Å². The summed E-state index contributed by atoms with van der Waals surface area (Å²) in [5.41, 5.74) is 0.862. The van der Waals surface area contributed by atoms with Gasteiger partial charge < -0.3 is 15.4 Å². The van der Waals surface area contributed by atoms with Gasteiger partial charge in [-0.25, -0.2) is 0 Å². The molecule has 4 aliphatic rings. The predicted octanol–water partition coefficient (Wildman–Crippen LogP) is 3.15. The summed E-state index contributed by atoms with van der Waals surface area (Å²) in [6, 6.07) is 7.00. The van der Waals surface area contributed by atoms with Crippen LogP contribution in [0.3, 0.4) is 0 Å². The summed E-state index contributed by atoms with van der Waals surface area (Å²) in [4.78, 5) is 24.6. The van der Waals surface area contributed by atoms with Crippen molar-refractivity contribution in [1.29, 1.82) is 0 Å². The average molecular weight is 370 g/mol. The fourth-order valence-electron chi connectivity index (χ4n) is 6.13. The molecule has 27 heavy (non-hydrogen) atoms. The molecule has 1 aromatic carbocycles. The third-order valence-electron chi connectivity index (χ3n) is 6.79. The van der Waals surface area contributed by atoms with Crippen LogP contribution in [0.4, 0.5) is 0 Å². The van der Waals surface area contributed by atoms with Crippen molar-refractivity contribution < 1.29 is 14.3 Å². The molecule has 0 atom stereocenters. The van der Waals surface area contributed by atoms with Gasteiger partial charge in [-0.1, -0.05) is 0 Å². The van der Waals surface area contributed by atoms with Crippen LogP contribution in [-0.4, -0.2) is 32.0 Å². The molecule has 2 N–H and O–H groups in total. The molecule has 5 nitrogen and oxygen atoms in total. The van der Waals surface area contributed by atoms with Crippen molar-refractivity contribution >= 4 is 11.8 Å². The zero-order valence-corrected chi connectivity index (χ0v) is 16.1. The summed E-state index contributed by atoms with van der Waals surface area (Å²) in [6.45, 7) is 0.921. The second kappa shape index (κ2) is 7.53. The monoisotopic (exact) mass is 370 g/mol. The van der Waals surface area contributed by atoms with Crippen molar-refractivity contribution in [2.24, 2.45) is 23.2 Å². The average Bonchev–Trinajstić information content (AvgIpc) is 2.63. The number of methoxy groups -OCH3 is 1. The minimum Gasteiger partial charge on any atom is -0.497 e. The summed E-state index contributed by atoms with van der Waals surface area (Å²) < 4.78 is 5.09. The van der Waals surface area contributed by atoms with Crippen LogP contribution in [0.5, 0.6) is 5.75 Å². The maximum Gasteiger partial charge on any atom is 0.251 e. The van der Waals surface area contributed by atoms with Gasteiger partial charge in [0.2, 0.25) is 5.91 Å². The number of amides is 2. The van der Waals surface area contributed by atoms with Crippen LogP contribution in [0.2, 0.25) is 0 Å². The Kier molecular flexibility index (Phi) is 5.11. The minimum atomic E-state index is -0.131. The van der Waals surface area contributed by atoms with Gasteiger partial charge in [0.05, 0.1) is 7.11 Å². The number of rotatable bonds is 7. The zero-order valence-electron chi connectivity index (χ0n) is 16.1. The number of ether oxygens (including phenoxy) is 1. The van der Waals surface area contributed by atoms with E-state index in [0.29, 0.717) is 25.1 Å². The van der Waals surface area contributed by atoms with Crippen LogP contribution < -0.4 is 15.4 Å². The van der Waals surface area contributed by atoms with E-state index in [9.17, 15) is 9.59 Å². The Morgan fingerprint density at radius 3 is 2.07 bits per heavy atom. The quantitative estimate of drug-likeness (QED) is 0.725. The standard InChI is InChI=1S/C22H30N2O3/c1-27-19-4-2-18(3-5-19)21(26)24-7-6-23-20(25)14-22-11-15-8-16(12-22)10-17(9-15)13-22/h2-5,15-17H,6-14H2,1H3,(H,23,25)(H,24,26). The van der Waals surface area contributed by atoms with E-state index in [1.165, 1.54) is 38.5 Å². The summed E-state index contributed by atoms with van der Waals surface area (Å²) in [7, 11) is 1.60. The maximum atomic E-state index is 12.5. The van der Waals surface area contributed by atoms with Crippen LogP contribution >= 0.6 is 0 Å². The van der Waals surface area contributed by atoms with E-state index in [4.69, 9.17) is 4.74 Å². The SMILES string of the molecule is COc1ccc(C(=O)NCCNC(=O)CC23CC4CC(CC(C4)C2)C3)cc1. The molecular weight excluding hydrogens is 340 g/mol. The summed E-state index contributed by atoms with van der Waals surface area (Å²) in [5.74, 6) is 3.35. The molecule has 5 rings (SSSR count). The number of carbonyl (C=O) groups excluding carboxylic acids is 2. The molecule has 0 heterocycles. The van der Waals surface area contributed by atoms with Gasteiger partial charge in [-0.05, 0) is 86.0 Å². The molecule has 0 unspecified atom stereocenters. The summed E-state index contributed by atoms with van der Waals surface area (Å²) >= 11 is 0. The van der Waals surface area contributed by atoms with E-state index in [-0.39, 0.29) is 17.2 Å². The van der Waals surface area contributed by atoms with Crippen molar-refractivity contribution in [2.45, 2.75) is 44.9 Å². The molecule has 0 aliphatic heterocycles.